The number of hydrogen-bond acceptors (Lipinski definition) is 1. The second-order valence-corrected chi connectivity index (χ2v) is 1.97. The van der Waals surface area contributed by atoms with Crippen molar-refractivity contribution in [1.29, 1.82) is 0 Å². The Bertz CT molecular complexity index is 154. The highest BCUT2D eigenvalue weighted by Crippen LogP contribution is 1.99. The molecule has 0 spiro atoms. The molecular formula is C7H12NO+. The van der Waals surface area contributed by atoms with E-state index in [0.717, 1.165) is 18.5 Å². The summed E-state index contributed by atoms with van der Waals surface area (Å²) < 4.78 is 1.38. The van der Waals surface area contributed by atoms with E-state index in [9.17, 15) is 4.79 Å². The zero-order chi connectivity index (χ0) is 7.28. The summed E-state index contributed by atoms with van der Waals surface area (Å²) in [7, 11) is 1.66. The van der Waals surface area contributed by atoms with Crippen LogP contribution >= 0.6 is 0 Å². The first kappa shape index (κ1) is 8.12. The van der Waals surface area contributed by atoms with Crippen LogP contribution in [0, 0.1) is 0 Å². The molecule has 0 radical (unpaired) electrons. The normalized spacial score (nSPS) is 8.22. The summed E-state index contributed by atoms with van der Waals surface area (Å²) in [5, 5.41) is 0. The van der Waals surface area contributed by atoms with E-state index in [1.165, 1.54) is 4.58 Å². The molecule has 0 aromatic carbocycles. The van der Waals surface area contributed by atoms with Gasteiger partial charge in [-0.05, 0) is 13.0 Å². The Hall–Kier alpha value is -0.880. The Morgan fingerprint density at radius 3 is 2.67 bits per heavy atom. The molecule has 0 saturated heterocycles. The summed E-state index contributed by atoms with van der Waals surface area (Å²) >= 11 is 0. The van der Waals surface area contributed by atoms with Gasteiger partial charge in [-0.3, -0.25) is 0 Å². The van der Waals surface area contributed by atoms with E-state index in [1.54, 1.807) is 13.1 Å². The Kier molecular flexibility index (Phi) is 3.65. The molecule has 0 aliphatic rings. The number of allylic oxidation sites excluding steroid dienone is 1. The van der Waals surface area contributed by atoms with E-state index in [4.69, 9.17) is 0 Å². The molecule has 9 heavy (non-hydrogen) atoms. The van der Waals surface area contributed by atoms with Gasteiger partial charge in [-0.2, -0.15) is 4.79 Å². The van der Waals surface area contributed by atoms with Gasteiger partial charge < -0.3 is 0 Å². The van der Waals surface area contributed by atoms with Gasteiger partial charge in [0, 0.05) is 6.42 Å². The monoisotopic (exact) mass is 126 g/mol. The average Bonchev–Trinajstić information content (AvgIpc) is 1.87. The minimum Gasteiger partial charge on any atom is -0.159 e. The maximum atomic E-state index is 9.96. The second kappa shape index (κ2) is 4.04. The summed E-state index contributed by atoms with van der Waals surface area (Å²) in [6.07, 6.45) is 3.62. The van der Waals surface area contributed by atoms with E-state index in [2.05, 4.69) is 6.58 Å². The van der Waals surface area contributed by atoms with Crippen molar-refractivity contribution in [2.24, 2.45) is 0 Å². The van der Waals surface area contributed by atoms with Crippen molar-refractivity contribution in [3.05, 3.63) is 12.3 Å². The van der Waals surface area contributed by atoms with Crippen LogP contribution < -0.4 is 0 Å². The molecule has 0 rings (SSSR count). The molecule has 0 bridgehead atoms. The maximum Gasteiger partial charge on any atom is 0.430 e. The third kappa shape index (κ3) is 2.83. The predicted molar refractivity (Wildman–Crippen MR) is 35.9 cm³/mol. The Labute approximate surface area is 55.5 Å². The van der Waals surface area contributed by atoms with Crippen molar-refractivity contribution in [3.8, 4) is 0 Å². The highest BCUT2D eigenvalue weighted by atomic mass is 16.1. The van der Waals surface area contributed by atoms with Gasteiger partial charge in [-0.15, -0.1) is 4.58 Å². The van der Waals surface area contributed by atoms with E-state index in [0.29, 0.717) is 0 Å². The van der Waals surface area contributed by atoms with Gasteiger partial charge in [0.15, 0.2) is 12.7 Å². The number of hydrogen-bond donors (Lipinski definition) is 0. The number of nitrogens with zero attached hydrogens (tertiary/aromatic N) is 1. The number of rotatable bonds is 3. The predicted octanol–water partition coefficient (Wildman–Crippen LogP) is 1.28. The molecule has 0 heterocycles. The van der Waals surface area contributed by atoms with Gasteiger partial charge >= 0.3 is 6.08 Å². The van der Waals surface area contributed by atoms with Crippen LogP contribution in [0.4, 0.5) is 0 Å². The molecule has 0 aromatic heterocycles. The minimum atomic E-state index is 0.826. The first-order valence-corrected chi connectivity index (χ1v) is 3.01. The van der Waals surface area contributed by atoms with Crippen molar-refractivity contribution in [2.45, 2.75) is 19.8 Å². The van der Waals surface area contributed by atoms with Crippen LogP contribution in [-0.2, 0) is 4.79 Å². The Balaban J connectivity index is 3.89. The first-order valence-electron chi connectivity index (χ1n) is 3.01. The lowest BCUT2D eigenvalue weighted by Crippen LogP contribution is -2.01. The molecule has 0 aliphatic carbocycles. The summed E-state index contributed by atoms with van der Waals surface area (Å²) in [4.78, 5) is 9.96. The van der Waals surface area contributed by atoms with Crippen molar-refractivity contribution in [2.75, 3.05) is 7.05 Å². The van der Waals surface area contributed by atoms with E-state index in [-0.39, 0.29) is 0 Å². The molecule has 0 saturated carbocycles. The van der Waals surface area contributed by atoms with Gasteiger partial charge in [0.2, 0.25) is 0 Å². The fraction of sp³-hybridized carbons (Fsp3) is 0.571. The largest absolute Gasteiger partial charge is 0.430 e. The van der Waals surface area contributed by atoms with Gasteiger partial charge in [-0.1, -0.05) is 6.92 Å². The van der Waals surface area contributed by atoms with Crippen molar-refractivity contribution < 1.29 is 9.37 Å². The lowest BCUT2D eigenvalue weighted by molar-refractivity contribution is -0.443. The zero-order valence-electron chi connectivity index (χ0n) is 5.98. The average molecular weight is 126 g/mol. The van der Waals surface area contributed by atoms with Gasteiger partial charge in [-0.25, -0.2) is 0 Å². The SMILES string of the molecule is C=C(CCC)[N+](C)=C=O. The highest BCUT2D eigenvalue weighted by Gasteiger charge is 2.01. The molecule has 0 unspecified atom stereocenters. The minimum absolute atomic E-state index is 0.826. The Morgan fingerprint density at radius 1 is 1.78 bits per heavy atom. The lowest BCUT2D eigenvalue weighted by atomic mass is 10.3. The molecule has 0 aliphatic heterocycles. The van der Waals surface area contributed by atoms with Gasteiger partial charge in [0.25, 0.3) is 0 Å². The van der Waals surface area contributed by atoms with Crippen molar-refractivity contribution in [1.82, 2.24) is 0 Å². The summed E-state index contributed by atoms with van der Waals surface area (Å²) in [6.45, 7) is 5.72. The Morgan fingerprint density at radius 2 is 2.33 bits per heavy atom. The standard InChI is InChI=1S/C7H12NO/c1-4-5-7(2)8(3)6-9/h2,4-5H2,1,3H3/q+1. The fourth-order valence-electron chi connectivity index (χ4n) is 0.521. The van der Waals surface area contributed by atoms with Crippen LogP contribution in [0.25, 0.3) is 0 Å². The van der Waals surface area contributed by atoms with Crippen LogP contribution in [0.3, 0.4) is 0 Å². The highest BCUT2D eigenvalue weighted by molar-refractivity contribution is 5.26. The van der Waals surface area contributed by atoms with Gasteiger partial charge in [0.05, 0.1) is 0 Å². The quantitative estimate of drug-likeness (QED) is 0.317. The van der Waals surface area contributed by atoms with Crippen LogP contribution in [0.2, 0.25) is 0 Å². The summed E-state index contributed by atoms with van der Waals surface area (Å²) in [5.41, 5.74) is 0.826. The fourth-order valence-corrected chi connectivity index (χ4v) is 0.521. The molecule has 0 N–H and O–H groups in total. The molecule has 0 fully saturated rings. The molecule has 0 amide bonds. The maximum absolute atomic E-state index is 9.96. The molecule has 2 nitrogen and oxygen atoms in total. The summed E-state index contributed by atoms with van der Waals surface area (Å²) in [5.74, 6) is 0. The van der Waals surface area contributed by atoms with E-state index in [1.807, 2.05) is 6.92 Å². The topological polar surface area (TPSA) is 20.1 Å². The molecule has 50 valence electrons. The third-order valence-corrected chi connectivity index (χ3v) is 1.15. The molecule has 0 aromatic rings. The molecular weight excluding hydrogens is 114 g/mol. The van der Waals surface area contributed by atoms with Crippen LogP contribution in [0.5, 0.6) is 0 Å². The second-order valence-electron chi connectivity index (χ2n) is 1.97. The van der Waals surface area contributed by atoms with E-state index < -0.39 is 0 Å². The zero-order valence-corrected chi connectivity index (χ0v) is 5.98. The van der Waals surface area contributed by atoms with Crippen LogP contribution in [-0.4, -0.2) is 17.7 Å². The van der Waals surface area contributed by atoms with Crippen LogP contribution in [0.1, 0.15) is 19.8 Å². The molecule has 2 heteroatoms. The number of carbonyl (C=O) groups excluding carboxylic acids is 1. The number of isocyanates is 1. The van der Waals surface area contributed by atoms with Crippen LogP contribution in [0.15, 0.2) is 12.3 Å². The van der Waals surface area contributed by atoms with Gasteiger partial charge in [0.1, 0.15) is 0 Å². The first-order chi connectivity index (χ1) is 4.22. The third-order valence-electron chi connectivity index (χ3n) is 1.15. The van der Waals surface area contributed by atoms with E-state index >= 15 is 0 Å². The smallest absolute Gasteiger partial charge is 0.159 e. The van der Waals surface area contributed by atoms with Crippen molar-refractivity contribution in [3.63, 3.8) is 0 Å². The lowest BCUT2D eigenvalue weighted by Gasteiger charge is -1.90. The molecule has 0 atom stereocenters. The summed E-state index contributed by atoms with van der Waals surface area (Å²) in [6, 6.07) is 0. The van der Waals surface area contributed by atoms with Crippen molar-refractivity contribution >= 4 is 6.08 Å².